The van der Waals surface area contributed by atoms with Crippen molar-refractivity contribution in [3.63, 3.8) is 0 Å². The Labute approximate surface area is 137 Å². The van der Waals surface area contributed by atoms with Crippen LogP contribution in [0.3, 0.4) is 0 Å². The van der Waals surface area contributed by atoms with Crippen LogP contribution in [0, 0.1) is 0 Å². The van der Waals surface area contributed by atoms with Crippen LogP contribution in [0.25, 0.3) is 10.2 Å². The third kappa shape index (κ3) is 2.84. The number of thiophene rings is 1. The van der Waals surface area contributed by atoms with Crippen LogP contribution in [0.4, 0.5) is 5.82 Å². The SMILES string of the molecule is O=c1cccnn1C1CCC(Nc2ncnc3sccc23)CC1. The number of anilines is 1. The first-order valence-corrected chi connectivity index (χ1v) is 8.68. The first-order valence-electron chi connectivity index (χ1n) is 7.80. The quantitative estimate of drug-likeness (QED) is 0.801. The van der Waals surface area contributed by atoms with Crippen molar-refractivity contribution in [2.75, 3.05) is 5.32 Å². The highest BCUT2D eigenvalue weighted by Crippen LogP contribution is 2.30. The molecule has 6 nitrogen and oxygen atoms in total. The van der Waals surface area contributed by atoms with E-state index >= 15 is 0 Å². The lowest BCUT2D eigenvalue weighted by Gasteiger charge is -2.29. The first kappa shape index (κ1) is 14.3. The maximum atomic E-state index is 11.9. The molecule has 1 aliphatic carbocycles. The molecule has 3 heterocycles. The summed E-state index contributed by atoms with van der Waals surface area (Å²) in [6.07, 6.45) is 7.20. The molecule has 7 heteroatoms. The van der Waals surface area contributed by atoms with E-state index in [4.69, 9.17) is 0 Å². The van der Waals surface area contributed by atoms with Crippen LogP contribution in [0.15, 0.2) is 40.9 Å². The van der Waals surface area contributed by atoms with Gasteiger partial charge >= 0.3 is 0 Å². The van der Waals surface area contributed by atoms with Gasteiger partial charge in [0, 0.05) is 18.3 Å². The van der Waals surface area contributed by atoms with E-state index in [1.165, 1.54) is 0 Å². The van der Waals surface area contributed by atoms with Crippen LogP contribution in [-0.4, -0.2) is 25.8 Å². The van der Waals surface area contributed by atoms with Gasteiger partial charge in [0.1, 0.15) is 17.0 Å². The Kier molecular flexibility index (Phi) is 3.78. The van der Waals surface area contributed by atoms with Crippen LogP contribution in [0.5, 0.6) is 0 Å². The molecule has 4 rings (SSSR count). The maximum absolute atomic E-state index is 11.9. The Morgan fingerprint density at radius 1 is 1.17 bits per heavy atom. The van der Waals surface area contributed by atoms with Gasteiger partial charge in [-0.2, -0.15) is 5.10 Å². The molecule has 1 fully saturated rings. The van der Waals surface area contributed by atoms with Gasteiger partial charge in [0.15, 0.2) is 0 Å². The average molecular weight is 327 g/mol. The van der Waals surface area contributed by atoms with Crippen LogP contribution in [-0.2, 0) is 0 Å². The number of aromatic nitrogens is 4. The summed E-state index contributed by atoms with van der Waals surface area (Å²) in [4.78, 5) is 21.5. The molecule has 1 N–H and O–H groups in total. The fourth-order valence-electron chi connectivity index (χ4n) is 3.21. The lowest BCUT2D eigenvalue weighted by Crippen LogP contribution is -2.33. The zero-order valence-corrected chi connectivity index (χ0v) is 13.4. The van der Waals surface area contributed by atoms with E-state index in [0.29, 0.717) is 6.04 Å². The van der Waals surface area contributed by atoms with E-state index in [2.05, 4.69) is 26.4 Å². The van der Waals surface area contributed by atoms with E-state index in [9.17, 15) is 4.79 Å². The molecule has 1 saturated carbocycles. The van der Waals surface area contributed by atoms with Gasteiger partial charge in [-0.3, -0.25) is 4.79 Å². The van der Waals surface area contributed by atoms with Crippen molar-refractivity contribution >= 4 is 27.4 Å². The molecule has 0 bridgehead atoms. The highest BCUT2D eigenvalue weighted by molar-refractivity contribution is 7.16. The van der Waals surface area contributed by atoms with E-state index in [1.54, 1.807) is 40.7 Å². The predicted molar refractivity (Wildman–Crippen MR) is 90.8 cm³/mol. The molecule has 0 saturated heterocycles. The fraction of sp³-hybridized carbons (Fsp3) is 0.375. The Balaban J connectivity index is 1.45. The molecule has 0 unspecified atom stereocenters. The van der Waals surface area contributed by atoms with Crippen LogP contribution < -0.4 is 10.9 Å². The van der Waals surface area contributed by atoms with Gasteiger partial charge in [-0.15, -0.1) is 11.3 Å². The third-order valence-corrected chi connectivity index (χ3v) is 5.21. The van der Waals surface area contributed by atoms with Crippen molar-refractivity contribution in [3.8, 4) is 0 Å². The monoisotopic (exact) mass is 327 g/mol. The molecular formula is C16H17N5OS. The molecular weight excluding hydrogens is 310 g/mol. The van der Waals surface area contributed by atoms with E-state index in [0.717, 1.165) is 41.7 Å². The molecule has 0 spiro atoms. The Morgan fingerprint density at radius 3 is 2.87 bits per heavy atom. The van der Waals surface area contributed by atoms with Gasteiger partial charge in [-0.25, -0.2) is 14.6 Å². The summed E-state index contributed by atoms with van der Waals surface area (Å²) in [5.41, 5.74) is -0.0142. The molecule has 0 aliphatic heterocycles. The zero-order chi connectivity index (χ0) is 15.6. The second kappa shape index (κ2) is 6.08. The van der Waals surface area contributed by atoms with E-state index in [-0.39, 0.29) is 11.6 Å². The summed E-state index contributed by atoms with van der Waals surface area (Å²) in [5, 5.41) is 10.9. The molecule has 118 valence electrons. The second-order valence-corrected chi connectivity index (χ2v) is 6.71. The number of fused-ring (bicyclic) bond motifs is 1. The summed E-state index contributed by atoms with van der Waals surface area (Å²) < 4.78 is 1.62. The van der Waals surface area contributed by atoms with Crippen molar-refractivity contribution in [2.45, 2.75) is 37.8 Å². The van der Waals surface area contributed by atoms with Crippen LogP contribution in [0.2, 0.25) is 0 Å². The van der Waals surface area contributed by atoms with Gasteiger partial charge in [0.05, 0.1) is 11.4 Å². The van der Waals surface area contributed by atoms with Crippen molar-refractivity contribution in [1.29, 1.82) is 0 Å². The van der Waals surface area contributed by atoms with E-state index < -0.39 is 0 Å². The Morgan fingerprint density at radius 2 is 2.04 bits per heavy atom. The van der Waals surface area contributed by atoms with Crippen LogP contribution in [0.1, 0.15) is 31.7 Å². The summed E-state index contributed by atoms with van der Waals surface area (Å²) >= 11 is 1.63. The third-order valence-electron chi connectivity index (χ3n) is 4.39. The molecule has 0 amide bonds. The summed E-state index contributed by atoms with van der Waals surface area (Å²) in [7, 11) is 0. The van der Waals surface area contributed by atoms with Crippen LogP contribution >= 0.6 is 11.3 Å². The summed E-state index contributed by atoms with van der Waals surface area (Å²) in [6, 6.07) is 5.90. The average Bonchev–Trinajstić information content (AvgIpc) is 3.06. The predicted octanol–water partition coefficient (Wildman–Crippen LogP) is 2.84. The lowest BCUT2D eigenvalue weighted by atomic mass is 9.91. The summed E-state index contributed by atoms with van der Waals surface area (Å²) in [6.45, 7) is 0. The van der Waals surface area contributed by atoms with Crippen molar-refractivity contribution in [3.05, 3.63) is 46.5 Å². The molecule has 23 heavy (non-hydrogen) atoms. The van der Waals surface area contributed by atoms with Crippen molar-refractivity contribution in [1.82, 2.24) is 19.7 Å². The minimum Gasteiger partial charge on any atom is -0.367 e. The van der Waals surface area contributed by atoms with Gasteiger partial charge in [-0.05, 0) is 43.2 Å². The lowest BCUT2D eigenvalue weighted by molar-refractivity contribution is 0.303. The highest BCUT2D eigenvalue weighted by atomic mass is 32.1. The topological polar surface area (TPSA) is 72.7 Å². The van der Waals surface area contributed by atoms with E-state index in [1.807, 2.05) is 5.38 Å². The molecule has 0 atom stereocenters. The van der Waals surface area contributed by atoms with Gasteiger partial charge in [0.25, 0.3) is 5.56 Å². The van der Waals surface area contributed by atoms with Gasteiger partial charge in [0.2, 0.25) is 0 Å². The minimum atomic E-state index is -0.0142. The number of nitrogens with one attached hydrogen (secondary N) is 1. The normalized spacial score (nSPS) is 21.4. The zero-order valence-electron chi connectivity index (χ0n) is 12.6. The standard InChI is InChI=1S/C16H17N5OS/c22-14-2-1-8-19-21(14)12-5-3-11(4-6-12)20-15-13-7-9-23-16(13)18-10-17-15/h1-2,7-12H,3-6H2,(H,17,18,20). The smallest absolute Gasteiger partial charge is 0.266 e. The minimum absolute atomic E-state index is 0.0142. The van der Waals surface area contributed by atoms with Crippen molar-refractivity contribution < 1.29 is 0 Å². The number of nitrogens with zero attached hydrogens (tertiary/aromatic N) is 4. The maximum Gasteiger partial charge on any atom is 0.266 e. The highest BCUT2D eigenvalue weighted by Gasteiger charge is 2.24. The van der Waals surface area contributed by atoms with Gasteiger partial charge in [-0.1, -0.05) is 0 Å². The molecule has 3 aromatic heterocycles. The largest absolute Gasteiger partial charge is 0.367 e. The Bertz CT molecular complexity index is 866. The van der Waals surface area contributed by atoms with Crippen molar-refractivity contribution in [2.24, 2.45) is 0 Å². The molecule has 0 radical (unpaired) electrons. The number of hydrogen-bond acceptors (Lipinski definition) is 6. The molecule has 1 aliphatic rings. The second-order valence-electron chi connectivity index (χ2n) is 5.82. The summed E-state index contributed by atoms with van der Waals surface area (Å²) in [5.74, 6) is 0.912. The Hall–Kier alpha value is -2.28. The molecule has 3 aromatic rings. The molecule has 0 aromatic carbocycles. The first-order chi connectivity index (χ1) is 11.3. The number of hydrogen-bond donors (Lipinski definition) is 1. The van der Waals surface area contributed by atoms with Gasteiger partial charge < -0.3 is 5.32 Å². The number of rotatable bonds is 3. The fourth-order valence-corrected chi connectivity index (χ4v) is 3.94.